The quantitative estimate of drug-likeness (QED) is 0.514. The van der Waals surface area contributed by atoms with Crippen molar-refractivity contribution in [2.45, 2.75) is 40.3 Å². The predicted molar refractivity (Wildman–Crippen MR) is 124 cm³/mol. The summed E-state index contributed by atoms with van der Waals surface area (Å²) in [5.41, 5.74) is 2.67. The maximum Gasteiger partial charge on any atom is 0.254 e. The fourth-order valence-corrected chi connectivity index (χ4v) is 4.24. The summed E-state index contributed by atoms with van der Waals surface area (Å²) in [5, 5.41) is 9.55. The Morgan fingerprint density at radius 2 is 1.68 bits per heavy atom. The van der Waals surface area contributed by atoms with Crippen LogP contribution in [0.1, 0.15) is 53.9 Å². The highest BCUT2D eigenvalue weighted by atomic mass is 35.5. The van der Waals surface area contributed by atoms with Crippen LogP contribution >= 0.6 is 11.6 Å². The number of carbonyl (C=O) groups is 1. The van der Waals surface area contributed by atoms with Crippen molar-refractivity contribution in [2.75, 3.05) is 10.6 Å². The van der Waals surface area contributed by atoms with Crippen LogP contribution < -0.4 is 26.8 Å². The van der Waals surface area contributed by atoms with Gasteiger partial charge in [0.2, 0.25) is 0 Å². The summed E-state index contributed by atoms with van der Waals surface area (Å²) < 4.78 is 0. The predicted octanol–water partition coefficient (Wildman–Crippen LogP) is 4.43. The monoisotopic (exact) mass is 437 g/mol. The van der Waals surface area contributed by atoms with Gasteiger partial charge in [0.25, 0.3) is 16.8 Å². The molecule has 0 aromatic heterocycles. The first kappa shape index (κ1) is 21.1. The molecule has 7 heteroatoms. The molecule has 0 saturated heterocycles. The summed E-state index contributed by atoms with van der Waals surface area (Å²) in [6.07, 6.45) is 0. The van der Waals surface area contributed by atoms with E-state index in [2.05, 4.69) is 36.7 Å². The first-order valence-corrected chi connectivity index (χ1v) is 10.5. The summed E-state index contributed by atoms with van der Waals surface area (Å²) >= 11 is 6.21. The number of hydrogen-bond donors (Lipinski definition) is 3. The molecule has 0 saturated carbocycles. The molecule has 3 aromatic rings. The Bertz CT molecular complexity index is 1270. The molecule has 1 amide bonds. The minimum Gasteiger partial charge on any atom is -0.373 e. The number of benzene rings is 2. The van der Waals surface area contributed by atoms with Gasteiger partial charge in [0.15, 0.2) is 0 Å². The van der Waals surface area contributed by atoms with Gasteiger partial charge in [0.1, 0.15) is 11.4 Å². The van der Waals surface area contributed by atoms with Crippen LogP contribution in [0, 0.1) is 12.3 Å². The number of nitrogens with one attached hydrogen (secondary N) is 3. The Kier molecular flexibility index (Phi) is 5.13. The van der Waals surface area contributed by atoms with Gasteiger partial charge in [0.05, 0.1) is 17.3 Å². The zero-order valence-corrected chi connectivity index (χ0v) is 18.6. The molecule has 3 aromatic carbocycles. The van der Waals surface area contributed by atoms with Crippen LogP contribution in [0.25, 0.3) is 0 Å². The van der Waals surface area contributed by atoms with E-state index in [-0.39, 0.29) is 28.7 Å². The highest BCUT2D eigenvalue weighted by molar-refractivity contribution is 6.32. The third-order valence-electron chi connectivity index (χ3n) is 5.73. The van der Waals surface area contributed by atoms with E-state index in [1.807, 2.05) is 31.2 Å². The van der Waals surface area contributed by atoms with E-state index in [0.717, 1.165) is 11.1 Å². The van der Waals surface area contributed by atoms with Crippen molar-refractivity contribution >= 4 is 34.6 Å². The topological polar surface area (TPSA) is 87.3 Å². The Balaban J connectivity index is 1.72. The normalized spacial score (nSPS) is 14.3. The van der Waals surface area contributed by atoms with E-state index in [9.17, 15) is 14.4 Å². The molecule has 4 rings (SSSR count). The SMILES string of the molecule is Cc1ccccc1C(Nc1c(Nc2ccc(Cl)c3c2C(=O)NC3)c(=O)c1=O)C(C)(C)C. The van der Waals surface area contributed by atoms with Gasteiger partial charge in [-0.25, -0.2) is 0 Å². The van der Waals surface area contributed by atoms with Crippen molar-refractivity contribution in [3.05, 3.63) is 84.1 Å². The minimum absolute atomic E-state index is 0.164. The first-order chi connectivity index (χ1) is 14.6. The Morgan fingerprint density at radius 3 is 2.35 bits per heavy atom. The van der Waals surface area contributed by atoms with Gasteiger partial charge in [-0.2, -0.15) is 0 Å². The summed E-state index contributed by atoms with van der Waals surface area (Å²) in [6.45, 7) is 8.58. The summed E-state index contributed by atoms with van der Waals surface area (Å²) in [5.74, 6) is -0.263. The van der Waals surface area contributed by atoms with E-state index >= 15 is 0 Å². The average molecular weight is 438 g/mol. The molecule has 160 valence electrons. The van der Waals surface area contributed by atoms with Gasteiger partial charge in [-0.05, 0) is 35.6 Å². The van der Waals surface area contributed by atoms with Crippen LogP contribution in [0.3, 0.4) is 0 Å². The molecule has 1 unspecified atom stereocenters. The Morgan fingerprint density at radius 1 is 1.00 bits per heavy atom. The number of rotatable bonds is 5. The van der Waals surface area contributed by atoms with Crippen LogP contribution in [0.5, 0.6) is 0 Å². The molecule has 1 aliphatic heterocycles. The van der Waals surface area contributed by atoms with Crippen molar-refractivity contribution in [2.24, 2.45) is 5.41 Å². The molecule has 0 fully saturated rings. The zero-order chi connectivity index (χ0) is 22.5. The maximum absolute atomic E-state index is 12.5. The van der Waals surface area contributed by atoms with E-state index < -0.39 is 10.9 Å². The average Bonchev–Trinajstić information content (AvgIpc) is 3.11. The standard InChI is InChI=1S/C24H24ClN3O3/c1-12-7-5-6-8-13(12)22(24(2,3)4)28-19-18(20(29)21(19)30)27-16-10-9-15(25)14-11-26-23(31)17(14)16/h5-10,22,27-28H,11H2,1-4H3,(H,26,31). The van der Waals surface area contributed by atoms with Crippen LogP contribution in [0.4, 0.5) is 17.1 Å². The zero-order valence-electron chi connectivity index (χ0n) is 17.9. The molecule has 0 aliphatic carbocycles. The van der Waals surface area contributed by atoms with Gasteiger partial charge >= 0.3 is 0 Å². The largest absolute Gasteiger partial charge is 0.373 e. The van der Waals surface area contributed by atoms with Gasteiger partial charge in [-0.3, -0.25) is 14.4 Å². The molecule has 3 N–H and O–H groups in total. The summed E-state index contributed by atoms with van der Waals surface area (Å²) in [4.78, 5) is 37.2. The molecule has 1 aliphatic rings. The summed E-state index contributed by atoms with van der Waals surface area (Å²) in [7, 11) is 0. The Hall–Kier alpha value is -3.12. The lowest BCUT2D eigenvalue weighted by molar-refractivity contribution is 0.0966. The van der Waals surface area contributed by atoms with E-state index in [1.54, 1.807) is 12.1 Å². The number of anilines is 3. The lowest BCUT2D eigenvalue weighted by Crippen LogP contribution is -2.39. The minimum atomic E-state index is -0.609. The van der Waals surface area contributed by atoms with Gasteiger partial charge < -0.3 is 16.0 Å². The van der Waals surface area contributed by atoms with Crippen molar-refractivity contribution in [3.63, 3.8) is 0 Å². The van der Waals surface area contributed by atoms with Crippen LogP contribution in [-0.4, -0.2) is 5.91 Å². The second-order valence-corrected chi connectivity index (χ2v) is 9.37. The molecule has 0 bridgehead atoms. The van der Waals surface area contributed by atoms with Crippen LogP contribution in [0.15, 0.2) is 46.0 Å². The fraction of sp³-hybridized carbons (Fsp3) is 0.292. The van der Waals surface area contributed by atoms with E-state index in [4.69, 9.17) is 11.6 Å². The number of carbonyl (C=O) groups excluding carboxylic acids is 1. The highest BCUT2D eigenvalue weighted by Gasteiger charge is 2.33. The molecular weight excluding hydrogens is 414 g/mol. The van der Waals surface area contributed by atoms with Gasteiger partial charge in [-0.15, -0.1) is 0 Å². The van der Waals surface area contributed by atoms with Crippen molar-refractivity contribution in [1.82, 2.24) is 5.32 Å². The molecule has 31 heavy (non-hydrogen) atoms. The van der Waals surface area contributed by atoms with Crippen molar-refractivity contribution in [1.29, 1.82) is 0 Å². The third-order valence-corrected chi connectivity index (χ3v) is 6.09. The number of aryl methyl sites for hydroxylation is 1. The second kappa shape index (κ2) is 7.54. The van der Waals surface area contributed by atoms with Crippen LogP contribution in [0.2, 0.25) is 5.02 Å². The third kappa shape index (κ3) is 3.61. The number of fused-ring (bicyclic) bond motifs is 1. The van der Waals surface area contributed by atoms with Crippen molar-refractivity contribution in [3.8, 4) is 0 Å². The van der Waals surface area contributed by atoms with E-state index in [1.165, 1.54) is 0 Å². The fourth-order valence-electron chi connectivity index (χ4n) is 4.01. The maximum atomic E-state index is 12.5. The van der Waals surface area contributed by atoms with Crippen LogP contribution in [-0.2, 0) is 6.54 Å². The number of amides is 1. The molecule has 1 heterocycles. The molecular formula is C24H24ClN3O3. The summed E-state index contributed by atoms with van der Waals surface area (Å²) in [6, 6.07) is 11.1. The van der Waals surface area contributed by atoms with E-state index in [0.29, 0.717) is 28.4 Å². The first-order valence-electron chi connectivity index (χ1n) is 10.1. The lowest BCUT2D eigenvalue weighted by Gasteiger charge is -2.34. The van der Waals surface area contributed by atoms with Gasteiger partial charge in [0, 0.05) is 17.1 Å². The molecule has 1 atom stereocenters. The molecule has 6 nitrogen and oxygen atoms in total. The van der Waals surface area contributed by atoms with Crippen molar-refractivity contribution < 1.29 is 4.79 Å². The molecule has 0 radical (unpaired) electrons. The highest BCUT2D eigenvalue weighted by Crippen LogP contribution is 2.39. The smallest absolute Gasteiger partial charge is 0.254 e. The second-order valence-electron chi connectivity index (χ2n) is 8.96. The van der Waals surface area contributed by atoms with Gasteiger partial charge in [-0.1, -0.05) is 56.6 Å². The molecule has 0 spiro atoms. The Labute approximate surface area is 185 Å². The number of hydrogen-bond acceptors (Lipinski definition) is 5. The number of halogens is 1. The lowest BCUT2D eigenvalue weighted by atomic mass is 9.80.